The van der Waals surface area contributed by atoms with Gasteiger partial charge in [-0.3, -0.25) is 0 Å². The van der Waals surface area contributed by atoms with Crippen LogP contribution in [-0.2, 0) is 10.2 Å². The minimum atomic E-state index is -0.904. The maximum atomic E-state index is 12.0. The van der Waals surface area contributed by atoms with E-state index in [1.165, 1.54) is 12.8 Å². The minimum absolute atomic E-state index is 0.0233. The molecule has 3 rings (SSSR count). The molecule has 0 aromatic heterocycles. The molecular formula is C31H53NO4. The summed E-state index contributed by atoms with van der Waals surface area (Å²) in [5.41, 5.74) is 0.578. The molecule has 0 bridgehead atoms. The number of rotatable bonds is 7. The lowest BCUT2D eigenvalue weighted by molar-refractivity contribution is -0.143. The lowest BCUT2D eigenvalue weighted by atomic mass is 9.62. The predicted molar refractivity (Wildman–Crippen MR) is 148 cm³/mol. The first-order valence-corrected chi connectivity index (χ1v) is 14.2. The number of aliphatic hydroxyl groups is 1. The van der Waals surface area contributed by atoms with E-state index in [1.807, 2.05) is 13.0 Å². The van der Waals surface area contributed by atoms with Gasteiger partial charge in [-0.25, -0.2) is 0 Å². The van der Waals surface area contributed by atoms with Crippen LogP contribution in [0.4, 0.5) is 0 Å². The second-order valence-electron chi connectivity index (χ2n) is 13.0. The third-order valence-corrected chi connectivity index (χ3v) is 9.95. The van der Waals surface area contributed by atoms with E-state index in [2.05, 4.69) is 52.5 Å². The molecule has 5 atom stereocenters. The summed E-state index contributed by atoms with van der Waals surface area (Å²) in [5, 5.41) is 23.5. The number of aryl methyl sites for hydroxylation is 1. The fourth-order valence-corrected chi connectivity index (χ4v) is 6.58. The Bertz CT molecular complexity index is 872. The normalized spacial score (nSPS) is 30.6. The Labute approximate surface area is 220 Å². The molecule has 1 heterocycles. The van der Waals surface area contributed by atoms with Crippen LogP contribution in [0.25, 0.3) is 0 Å². The maximum Gasteiger partial charge on any atom is 0.161 e. The molecule has 0 spiro atoms. The van der Waals surface area contributed by atoms with E-state index in [0.717, 1.165) is 62.2 Å². The van der Waals surface area contributed by atoms with Gasteiger partial charge in [0, 0.05) is 36.6 Å². The number of nitrogens with zero attached hydrogens (tertiary/aromatic N) is 1. The highest BCUT2D eigenvalue weighted by Crippen LogP contribution is 2.50. The Morgan fingerprint density at radius 1 is 1.08 bits per heavy atom. The second kappa shape index (κ2) is 11.2. The summed E-state index contributed by atoms with van der Waals surface area (Å²) in [6.45, 7) is 17.2. The maximum absolute atomic E-state index is 12.0. The Balaban J connectivity index is 2.16. The van der Waals surface area contributed by atoms with Crippen LogP contribution >= 0.6 is 0 Å². The molecule has 2 aliphatic rings. The fourth-order valence-electron chi connectivity index (χ4n) is 6.58. The number of aromatic hydroxyl groups is 1. The molecule has 1 aromatic rings. The van der Waals surface area contributed by atoms with Crippen molar-refractivity contribution in [2.75, 3.05) is 27.3 Å². The van der Waals surface area contributed by atoms with Gasteiger partial charge in [0.15, 0.2) is 11.5 Å². The van der Waals surface area contributed by atoms with Crippen LogP contribution in [0, 0.1) is 24.2 Å². The summed E-state index contributed by atoms with van der Waals surface area (Å²) < 4.78 is 11.8. The Kier molecular flexibility index (Phi) is 9.11. The van der Waals surface area contributed by atoms with Crippen LogP contribution in [0.1, 0.15) is 97.6 Å². The Morgan fingerprint density at radius 3 is 2.28 bits per heavy atom. The van der Waals surface area contributed by atoms with Crippen molar-refractivity contribution in [3.8, 4) is 11.5 Å². The molecule has 206 valence electrons. The highest BCUT2D eigenvalue weighted by Gasteiger charge is 2.49. The molecule has 1 aliphatic heterocycles. The van der Waals surface area contributed by atoms with Crippen LogP contribution < -0.4 is 4.74 Å². The molecular weight excluding hydrogens is 450 g/mol. The molecule has 1 saturated heterocycles. The van der Waals surface area contributed by atoms with Crippen molar-refractivity contribution in [1.29, 1.82) is 0 Å². The second-order valence-corrected chi connectivity index (χ2v) is 13.0. The highest BCUT2D eigenvalue weighted by molar-refractivity contribution is 5.53. The molecule has 36 heavy (non-hydrogen) atoms. The number of phenolic OH excluding ortho intramolecular Hbond substituents is 1. The number of hydrogen-bond donors (Lipinski definition) is 2. The van der Waals surface area contributed by atoms with Gasteiger partial charge in [-0.05, 0) is 95.2 Å². The lowest BCUT2D eigenvalue weighted by Gasteiger charge is -2.50. The van der Waals surface area contributed by atoms with Crippen LogP contribution in [-0.4, -0.2) is 60.2 Å². The van der Waals surface area contributed by atoms with Crippen LogP contribution in [0.3, 0.4) is 0 Å². The van der Waals surface area contributed by atoms with Crippen molar-refractivity contribution in [3.63, 3.8) is 0 Å². The lowest BCUT2D eigenvalue weighted by Crippen LogP contribution is -2.54. The average molecular weight is 504 g/mol. The summed E-state index contributed by atoms with van der Waals surface area (Å²) >= 11 is 0. The number of hydrogen-bond acceptors (Lipinski definition) is 5. The number of ether oxygens (including phenoxy) is 2. The number of methoxy groups -OCH3 is 2. The monoisotopic (exact) mass is 503 g/mol. The van der Waals surface area contributed by atoms with Gasteiger partial charge in [-0.2, -0.15) is 0 Å². The van der Waals surface area contributed by atoms with Gasteiger partial charge in [0.05, 0.1) is 18.8 Å². The summed E-state index contributed by atoms with van der Waals surface area (Å²) in [4.78, 5) is 2.69. The van der Waals surface area contributed by atoms with Crippen LogP contribution in [0.2, 0.25) is 0 Å². The number of benzene rings is 1. The highest BCUT2D eigenvalue weighted by atomic mass is 16.5. The molecule has 1 aromatic carbocycles. The van der Waals surface area contributed by atoms with E-state index < -0.39 is 5.60 Å². The molecule has 2 fully saturated rings. The summed E-state index contributed by atoms with van der Waals surface area (Å²) in [5.74, 6) is 1.58. The topological polar surface area (TPSA) is 62.2 Å². The predicted octanol–water partition coefficient (Wildman–Crippen LogP) is 6.46. The first-order valence-electron chi connectivity index (χ1n) is 14.2. The van der Waals surface area contributed by atoms with Gasteiger partial charge in [-0.15, -0.1) is 0 Å². The first kappa shape index (κ1) is 29.3. The van der Waals surface area contributed by atoms with Crippen molar-refractivity contribution in [2.24, 2.45) is 17.3 Å². The standard InChI is InChI=1S/C31H53NO4/c1-10-31(27-21(2)11-16-25(35-8)28(27)33)17-18-32(20-23-13-14-23)22(3)12-15-24(26(19-31)36-9)30(7,34)29(4,5)6/h11,16,22-24,26,33-34H,10,12-15,17-20H2,1-9H3/t22?,24?,26?,30-,31?/m0/s1. The molecule has 1 saturated carbocycles. The summed E-state index contributed by atoms with van der Waals surface area (Å²) in [6.07, 6.45) is 7.07. The van der Waals surface area contributed by atoms with Crippen molar-refractivity contribution in [2.45, 2.75) is 117 Å². The van der Waals surface area contributed by atoms with Crippen molar-refractivity contribution in [1.82, 2.24) is 4.90 Å². The van der Waals surface area contributed by atoms with Crippen LogP contribution in [0.5, 0.6) is 11.5 Å². The van der Waals surface area contributed by atoms with E-state index >= 15 is 0 Å². The minimum Gasteiger partial charge on any atom is -0.504 e. The molecule has 5 heteroatoms. The zero-order valence-electron chi connectivity index (χ0n) is 24.5. The van der Waals surface area contributed by atoms with Crippen molar-refractivity contribution < 1.29 is 19.7 Å². The van der Waals surface area contributed by atoms with E-state index in [1.54, 1.807) is 14.2 Å². The smallest absolute Gasteiger partial charge is 0.161 e. The molecule has 1 aliphatic carbocycles. The quantitative estimate of drug-likeness (QED) is 0.447. The van der Waals surface area contributed by atoms with Gasteiger partial charge in [-0.1, -0.05) is 33.8 Å². The molecule has 2 N–H and O–H groups in total. The molecule has 5 nitrogen and oxygen atoms in total. The van der Waals surface area contributed by atoms with Gasteiger partial charge < -0.3 is 24.6 Å². The van der Waals surface area contributed by atoms with Gasteiger partial charge >= 0.3 is 0 Å². The van der Waals surface area contributed by atoms with Gasteiger partial charge in [0.2, 0.25) is 0 Å². The Hall–Kier alpha value is -1.30. The third-order valence-electron chi connectivity index (χ3n) is 9.95. The van der Waals surface area contributed by atoms with E-state index in [0.29, 0.717) is 11.8 Å². The SMILES string of the molecule is CCC1(c2c(C)ccc(OC)c2O)CCN(CC2CC2)C(C)CCC([C@](C)(O)C(C)(C)C)C(OC)C1. The summed E-state index contributed by atoms with van der Waals surface area (Å²) in [7, 11) is 3.41. The van der Waals surface area contributed by atoms with E-state index in [9.17, 15) is 10.2 Å². The number of phenols is 1. The largest absolute Gasteiger partial charge is 0.504 e. The fraction of sp³-hybridized carbons (Fsp3) is 0.806. The van der Waals surface area contributed by atoms with Gasteiger partial charge in [0.1, 0.15) is 0 Å². The van der Waals surface area contributed by atoms with Gasteiger partial charge in [0.25, 0.3) is 0 Å². The molecule has 0 radical (unpaired) electrons. The Morgan fingerprint density at radius 2 is 1.75 bits per heavy atom. The zero-order chi connectivity index (χ0) is 26.9. The third kappa shape index (κ3) is 5.89. The van der Waals surface area contributed by atoms with Crippen molar-refractivity contribution in [3.05, 3.63) is 23.3 Å². The zero-order valence-corrected chi connectivity index (χ0v) is 24.5. The molecule has 4 unspecified atom stereocenters. The van der Waals surface area contributed by atoms with Crippen LogP contribution in [0.15, 0.2) is 12.1 Å². The van der Waals surface area contributed by atoms with Crippen molar-refractivity contribution >= 4 is 0 Å². The first-order chi connectivity index (χ1) is 16.8. The molecule has 0 amide bonds. The summed E-state index contributed by atoms with van der Waals surface area (Å²) in [6, 6.07) is 4.37. The van der Waals surface area contributed by atoms with E-state index in [-0.39, 0.29) is 28.6 Å². The average Bonchev–Trinajstić information content (AvgIpc) is 3.63. The van der Waals surface area contributed by atoms with E-state index in [4.69, 9.17) is 9.47 Å².